The number of para-hydroxylation sites is 1. The van der Waals surface area contributed by atoms with Gasteiger partial charge in [-0.05, 0) is 29.8 Å². The Labute approximate surface area is 186 Å². The van der Waals surface area contributed by atoms with Crippen molar-refractivity contribution in [1.29, 1.82) is 0 Å². The molecule has 0 aliphatic heterocycles. The number of nitrogens with zero attached hydrogens (tertiary/aromatic N) is 5. The van der Waals surface area contributed by atoms with Crippen LogP contribution >= 0.6 is 23.2 Å². The Bertz CT molecular complexity index is 1410. The summed E-state index contributed by atoms with van der Waals surface area (Å²) in [7, 11) is 0. The summed E-state index contributed by atoms with van der Waals surface area (Å²) in [6, 6.07) is 14.6. The zero-order valence-electron chi connectivity index (χ0n) is 15.9. The maximum Gasteiger partial charge on any atom is 0.299 e. The predicted octanol–water partition coefficient (Wildman–Crippen LogP) is 5.07. The highest BCUT2D eigenvalue weighted by atomic mass is 35.5. The van der Waals surface area contributed by atoms with Gasteiger partial charge in [-0.3, -0.25) is 4.79 Å². The molecule has 0 aliphatic rings. The second kappa shape index (κ2) is 7.94. The Kier molecular flexibility index (Phi) is 4.97. The molecule has 0 spiro atoms. The highest BCUT2D eigenvalue weighted by molar-refractivity contribution is 6.35. The van der Waals surface area contributed by atoms with Gasteiger partial charge < -0.3 is 9.09 Å². The number of carbonyl (C=O) groups is 1. The molecular weight excluding hydrogens is 437 g/mol. The molecule has 0 radical (unpaired) electrons. The van der Waals surface area contributed by atoms with Crippen LogP contribution in [0, 0.1) is 0 Å². The van der Waals surface area contributed by atoms with Crippen LogP contribution in [0.15, 0.2) is 71.8 Å². The number of hydrogen-bond donors (Lipinski definition) is 0. The summed E-state index contributed by atoms with van der Waals surface area (Å²) < 4.78 is 7.19. The van der Waals surface area contributed by atoms with Gasteiger partial charge in [0.2, 0.25) is 5.82 Å². The van der Waals surface area contributed by atoms with Crippen molar-refractivity contribution in [2.75, 3.05) is 0 Å². The topological polar surface area (TPSA) is 86.7 Å². The normalized spacial score (nSPS) is 11.2. The number of carbonyl (C=O) groups excluding carboxylic acids is 1. The quantitative estimate of drug-likeness (QED) is 0.348. The van der Waals surface area contributed by atoms with Crippen molar-refractivity contribution in [3.8, 4) is 11.5 Å². The van der Waals surface area contributed by atoms with Gasteiger partial charge >= 0.3 is 0 Å². The standard InChI is InChI=1S/C22H13Cl2N5O2/c23-14-6-5-13(17(24)9-14)10-29-11-16(15-3-1-2-4-19(15)29)20(30)22-27-21(28-31-22)18-7-8-25-12-26-18/h1-9,11-12H,10H2. The van der Waals surface area contributed by atoms with E-state index in [1.54, 1.807) is 30.6 Å². The molecule has 3 aromatic heterocycles. The first-order valence-electron chi connectivity index (χ1n) is 9.27. The number of ketones is 1. The lowest BCUT2D eigenvalue weighted by Gasteiger charge is -2.08. The average molecular weight is 450 g/mol. The monoisotopic (exact) mass is 449 g/mol. The molecule has 0 atom stereocenters. The lowest BCUT2D eigenvalue weighted by molar-refractivity contribution is 0.0995. The minimum absolute atomic E-state index is 0.110. The Morgan fingerprint density at radius 2 is 1.97 bits per heavy atom. The molecule has 0 amide bonds. The van der Waals surface area contributed by atoms with Crippen LogP contribution in [0.5, 0.6) is 0 Å². The van der Waals surface area contributed by atoms with Gasteiger partial charge in [0.1, 0.15) is 12.0 Å². The van der Waals surface area contributed by atoms with E-state index in [1.165, 1.54) is 6.33 Å². The molecule has 0 N–H and O–H groups in total. The third kappa shape index (κ3) is 3.69. The molecule has 152 valence electrons. The summed E-state index contributed by atoms with van der Waals surface area (Å²) in [4.78, 5) is 25.3. The highest BCUT2D eigenvalue weighted by Gasteiger charge is 2.23. The van der Waals surface area contributed by atoms with Crippen LogP contribution < -0.4 is 0 Å². The van der Waals surface area contributed by atoms with Gasteiger partial charge in [-0.2, -0.15) is 4.98 Å². The van der Waals surface area contributed by atoms with E-state index in [0.29, 0.717) is 27.8 Å². The zero-order chi connectivity index (χ0) is 21.4. The van der Waals surface area contributed by atoms with E-state index in [9.17, 15) is 4.79 Å². The van der Waals surface area contributed by atoms with Crippen LogP contribution in [-0.4, -0.2) is 30.5 Å². The second-order valence-corrected chi connectivity index (χ2v) is 7.61. The fraction of sp³-hybridized carbons (Fsp3) is 0.0455. The zero-order valence-corrected chi connectivity index (χ0v) is 17.4. The first kappa shape index (κ1) is 19.4. The first-order chi connectivity index (χ1) is 15.1. The fourth-order valence-corrected chi connectivity index (χ4v) is 3.82. The summed E-state index contributed by atoms with van der Waals surface area (Å²) in [5.41, 5.74) is 2.69. The Morgan fingerprint density at radius 3 is 2.77 bits per heavy atom. The number of rotatable bonds is 5. The van der Waals surface area contributed by atoms with Gasteiger partial charge in [0.25, 0.3) is 11.7 Å². The molecule has 0 saturated carbocycles. The fourth-order valence-electron chi connectivity index (χ4n) is 3.35. The predicted molar refractivity (Wildman–Crippen MR) is 116 cm³/mol. The largest absolute Gasteiger partial charge is 0.342 e. The number of benzene rings is 2. The van der Waals surface area contributed by atoms with E-state index >= 15 is 0 Å². The third-order valence-corrected chi connectivity index (χ3v) is 5.41. The molecule has 0 unspecified atom stereocenters. The average Bonchev–Trinajstić information content (AvgIpc) is 3.42. The maximum absolute atomic E-state index is 13.2. The van der Waals surface area contributed by atoms with Gasteiger partial charge in [0.05, 0.1) is 5.56 Å². The summed E-state index contributed by atoms with van der Waals surface area (Å²) >= 11 is 12.4. The highest BCUT2D eigenvalue weighted by Crippen LogP contribution is 2.27. The van der Waals surface area contributed by atoms with E-state index in [1.807, 2.05) is 34.9 Å². The van der Waals surface area contributed by atoms with E-state index in [4.69, 9.17) is 27.7 Å². The first-order valence-corrected chi connectivity index (χ1v) is 10.0. The number of halogens is 2. The van der Waals surface area contributed by atoms with Crippen molar-refractivity contribution in [3.05, 3.63) is 94.3 Å². The smallest absolute Gasteiger partial charge is 0.299 e. The Morgan fingerprint density at radius 1 is 1.10 bits per heavy atom. The lowest BCUT2D eigenvalue weighted by Crippen LogP contribution is -2.02. The van der Waals surface area contributed by atoms with Crippen molar-refractivity contribution in [2.45, 2.75) is 6.54 Å². The van der Waals surface area contributed by atoms with Gasteiger partial charge in [0, 0.05) is 39.9 Å². The van der Waals surface area contributed by atoms with Crippen LogP contribution in [0.25, 0.3) is 22.4 Å². The molecular formula is C22H13Cl2N5O2. The molecule has 7 nitrogen and oxygen atoms in total. The van der Waals surface area contributed by atoms with E-state index in [-0.39, 0.29) is 17.5 Å². The van der Waals surface area contributed by atoms with Crippen molar-refractivity contribution < 1.29 is 9.32 Å². The molecule has 5 rings (SSSR count). The van der Waals surface area contributed by atoms with Gasteiger partial charge in [-0.1, -0.05) is 52.6 Å². The number of aromatic nitrogens is 5. The van der Waals surface area contributed by atoms with Crippen molar-refractivity contribution >= 4 is 39.9 Å². The van der Waals surface area contributed by atoms with Crippen LogP contribution in [0.3, 0.4) is 0 Å². The minimum atomic E-state index is -0.370. The van der Waals surface area contributed by atoms with Crippen LogP contribution in [0.4, 0.5) is 0 Å². The molecule has 0 aliphatic carbocycles. The van der Waals surface area contributed by atoms with Gasteiger partial charge in [-0.15, -0.1) is 0 Å². The van der Waals surface area contributed by atoms with E-state index < -0.39 is 0 Å². The van der Waals surface area contributed by atoms with Gasteiger partial charge in [-0.25, -0.2) is 9.97 Å². The maximum atomic E-state index is 13.2. The van der Waals surface area contributed by atoms with Crippen molar-refractivity contribution in [2.24, 2.45) is 0 Å². The molecule has 2 aromatic carbocycles. The molecule has 0 fully saturated rings. The van der Waals surface area contributed by atoms with Crippen LogP contribution in [0.2, 0.25) is 10.0 Å². The molecule has 5 aromatic rings. The lowest BCUT2D eigenvalue weighted by atomic mass is 10.1. The van der Waals surface area contributed by atoms with Crippen LogP contribution in [-0.2, 0) is 6.54 Å². The molecule has 3 heterocycles. The van der Waals surface area contributed by atoms with Crippen LogP contribution in [0.1, 0.15) is 21.8 Å². The third-order valence-electron chi connectivity index (χ3n) is 4.82. The molecule has 0 bridgehead atoms. The molecule has 31 heavy (non-hydrogen) atoms. The summed E-state index contributed by atoms with van der Waals surface area (Å²) in [5, 5.41) is 5.78. The number of hydrogen-bond acceptors (Lipinski definition) is 6. The van der Waals surface area contributed by atoms with Gasteiger partial charge in [0.15, 0.2) is 0 Å². The summed E-state index contributed by atoms with van der Waals surface area (Å²) in [5.74, 6) is -0.256. The van der Waals surface area contributed by atoms with E-state index in [0.717, 1.165) is 16.5 Å². The SMILES string of the molecule is O=C(c1nc(-c2ccncn2)no1)c1cn(Cc2ccc(Cl)cc2Cl)c2ccccc12. The minimum Gasteiger partial charge on any atom is -0.342 e. The molecule has 9 heteroatoms. The second-order valence-electron chi connectivity index (χ2n) is 6.77. The Hall–Kier alpha value is -3.55. The summed E-state index contributed by atoms with van der Waals surface area (Å²) in [6.45, 7) is 0.472. The van der Waals surface area contributed by atoms with Crippen molar-refractivity contribution in [3.63, 3.8) is 0 Å². The van der Waals surface area contributed by atoms with Crippen molar-refractivity contribution in [1.82, 2.24) is 24.7 Å². The molecule has 0 saturated heterocycles. The Balaban J connectivity index is 1.53. The van der Waals surface area contributed by atoms with E-state index in [2.05, 4.69) is 20.1 Å². The summed E-state index contributed by atoms with van der Waals surface area (Å²) in [6.07, 6.45) is 4.71. The number of fused-ring (bicyclic) bond motifs is 1.